The van der Waals surface area contributed by atoms with E-state index in [0.717, 1.165) is 6.07 Å². The number of hydrogen-bond donors (Lipinski definition) is 0. The monoisotopic (exact) mass is 287 g/mol. The summed E-state index contributed by atoms with van der Waals surface area (Å²) in [6.45, 7) is 1.82. The second kappa shape index (κ2) is 7.08. The summed E-state index contributed by atoms with van der Waals surface area (Å²) in [5, 5.41) is 10.5. The van der Waals surface area contributed by atoms with Crippen LogP contribution in [0.2, 0.25) is 0 Å². The van der Waals surface area contributed by atoms with Crippen molar-refractivity contribution < 1.29 is 18.8 Å². The van der Waals surface area contributed by atoms with Gasteiger partial charge in [-0.25, -0.2) is 0 Å². The number of methoxy groups -OCH3 is 1. The summed E-state index contributed by atoms with van der Waals surface area (Å²) >= 11 is 1.34. The van der Waals surface area contributed by atoms with Crippen molar-refractivity contribution in [1.82, 2.24) is 0 Å². The van der Waals surface area contributed by atoms with Crippen LogP contribution in [-0.2, 0) is 15.3 Å². The van der Waals surface area contributed by atoms with Crippen molar-refractivity contribution >= 4 is 23.4 Å². The van der Waals surface area contributed by atoms with Crippen LogP contribution in [0.15, 0.2) is 18.2 Å². The molecule has 0 spiro atoms. The Bertz CT molecular complexity index is 481. The first-order valence-corrected chi connectivity index (χ1v) is 6.60. The van der Waals surface area contributed by atoms with E-state index in [2.05, 4.69) is 4.74 Å². The molecule has 7 heteroatoms. The number of thioether (sulfide) groups is 1. The Labute approximate surface area is 114 Å². The third-order valence-corrected chi connectivity index (χ3v) is 3.67. The molecule has 5 nitrogen and oxygen atoms in total. The van der Waals surface area contributed by atoms with Gasteiger partial charge in [-0.2, -0.15) is 16.2 Å². The van der Waals surface area contributed by atoms with Crippen LogP contribution >= 0.6 is 11.8 Å². The number of carbonyl (C=O) groups is 1. The van der Waals surface area contributed by atoms with Gasteiger partial charge in [0.25, 0.3) is 0 Å². The molecule has 0 radical (unpaired) electrons. The molecule has 0 saturated carbocycles. The van der Waals surface area contributed by atoms with E-state index >= 15 is 0 Å². The van der Waals surface area contributed by atoms with Gasteiger partial charge >= 0.3 is 11.7 Å². The number of rotatable bonds is 6. The summed E-state index contributed by atoms with van der Waals surface area (Å²) in [4.78, 5) is 20.9. The highest BCUT2D eigenvalue weighted by molar-refractivity contribution is 7.99. The van der Waals surface area contributed by atoms with Gasteiger partial charge in [0.2, 0.25) is 5.82 Å². The van der Waals surface area contributed by atoms with Crippen LogP contribution in [0.5, 0.6) is 0 Å². The molecular formula is C12H14FNO4S. The maximum atomic E-state index is 13.8. The average molecular weight is 287 g/mol. The Balaban J connectivity index is 2.65. The highest BCUT2D eigenvalue weighted by atomic mass is 32.2. The Morgan fingerprint density at radius 2 is 2.26 bits per heavy atom. The second-order valence-electron chi connectivity index (χ2n) is 3.91. The molecule has 0 N–H and O–H groups in total. The van der Waals surface area contributed by atoms with Gasteiger partial charge in [0.1, 0.15) is 0 Å². The summed E-state index contributed by atoms with van der Waals surface area (Å²) < 4.78 is 18.3. The number of carbonyl (C=O) groups excluding carboxylic acids is 1. The molecule has 0 saturated heterocycles. The highest BCUT2D eigenvalue weighted by Crippen LogP contribution is 2.26. The molecule has 1 rings (SSSR count). The summed E-state index contributed by atoms with van der Waals surface area (Å²) in [5.41, 5.74) is -0.269. The number of hydrogen-bond acceptors (Lipinski definition) is 5. The number of nitrogens with zero attached hydrogens (tertiary/aromatic N) is 1. The van der Waals surface area contributed by atoms with Gasteiger partial charge in [0.05, 0.1) is 18.5 Å². The zero-order chi connectivity index (χ0) is 14.4. The van der Waals surface area contributed by atoms with Crippen molar-refractivity contribution in [2.45, 2.75) is 24.3 Å². The zero-order valence-electron chi connectivity index (χ0n) is 10.6. The third-order valence-electron chi connectivity index (χ3n) is 2.46. The Morgan fingerprint density at radius 3 is 2.84 bits per heavy atom. The summed E-state index contributed by atoms with van der Waals surface area (Å²) in [6.07, 6.45) is 0.220. The van der Waals surface area contributed by atoms with Crippen LogP contribution in [-0.4, -0.2) is 23.3 Å². The number of ether oxygens (including phenoxy) is 1. The molecule has 0 bridgehead atoms. The van der Waals surface area contributed by atoms with Crippen LogP contribution in [0.1, 0.15) is 18.9 Å². The Hall–Kier alpha value is -1.63. The zero-order valence-corrected chi connectivity index (χ0v) is 11.4. The largest absolute Gasteiger partial charge is 0.469 e. The summed E-state index contributed by atoms with van der Waals surface area (Å²) in [7, 11) is 1.31. The lowest BCUT2D eigenvalue weighted by Gasteiger charge is -2.10. The first-order valence-electron chi connectivity index (χ1n) is 5.56. The molecule has 1 aromatic rings. The van der Waals surface area contributed by atoms with E-state index in [1.54, 1.807) is 0 Å². The SMILES string of the molecule is COC(=O)CC(C)SCc1cccc([N+](=O)[O-])c1F. The predicted molar refractivity (Wildman–Crippen MR) is 70.4 cm³/mol. The standard InChI is InChI=1S/C12H14FNO4S/c1-8(6-11(15)18-2)19-7-9-4-3-5-10(12(9)13)14(16)17/h3-5,8H,6-7H2,1-2H3. The van der Waals surface area contributed by atoms with Gasteiger partial charge in [-0.1, -0.05) is 19.1 Å². The number of benzene rings is 1. The molecule has 0 amide bonds. The lowest BCUT2D eigenvalue weighted by molar-refractivity contribution is -0.387. The minimum absolute atomic E-state index is 0.0499. The molecule has 0 aliphatic rings. The second-order valence-corrected chi connectivity index (χ2v) is 5.34. The van der Waals surface area contributed by atoms with Crippen molar-refractivity contribution in [3.05, 3.63) is 39.7 Å². The fourth-order valence-corrected chi connectivity index (χ4v) is 2.37. The van der Waals surface area contributed by atoms with E-state index in [0.29, 0.717) is 0 Å². The quantitative estimate of drug-likeness (QED) is 0.457. The molecule has 1 atom stereocenters. The number of nitro benzene ring substituents is 1. The molecule has 0 aliphatic heterocycles. The lowest BCUT2D eigenvalue weighted by atomic mass is 10.2. The molecule has 0 heterocycles. The van der Waals surface area contributed by atoms with Crippen molar-refractivity contribution in [3.8, 4) is 0 Å². The normalized spacial score (nSPS) is 11.9. The Morgan fingerprint density at radius 1 is 1.58 bits per heavy atom. The fraction of sp³-hybridized carbons (Fsp3) is 0.417. The Kier molecular flexibility index (Phi) is 5.75. The number of halogens is 1. The highest BCUT2D eigenvalue weighted by Gasteiger charge is 2.18. The van der Waals surface area contributed by atoms with Crippen molar-refractivity contribution in [1.29, 1.82) is 0 Å². The predicted octanol–water partition coefficient (Wildman–Crippen LogP) is 2.92. The molecule has 1 aromatic carbocycles. The third kappa shape index (κ3) is 4.51. The van der Waals surface area contributed by atoms with Crippen molar-refractivity contribution in [3.63, 3.8) is 0 Å². The molecule has 0 aliphatic carbocycles. The van der Waals surface area contributed by atoms with Gasteiger partial charge in [0.15, 0.2) is 0 Å². The number of esters is 1. The van der Waals surface area contributed by atoms with E-state index in [4.69, 9.17) is 0 Å². The van der Waals surface area contributed by atoms with Crippen LogP contribution in [0, 0.1) is 15.9 Å². The van der Waals surface area contributed by atoms with E-state index in [1.807, 2.05) is 6.92 Å². The minimum Gasteiger partial charge on any atom is -0.469 e. The average Bonchev–Trinajstić information content (AvgIpc) is 2.37. The van der Waals surface area contributed by atoms with Gasteiger partial charge in [0, 0.05) is 22.6 Å². The van der Waals surface area contributed by atoms with Crippen LogP contribution < -0.4 is 0 Å². The van der Waals surface area contributed by atoms with E-state index < -0.39 is 16.4 Å². The van der Waals surface area contributed by atoms with E-state index in [9.17, 15) is 19.3 Å². The number of nitro groups is 1. The van der Waals surface area contributed by atoms with Crippen LogP contribution in [0.4, 0.5) is 10.1 Å². The lowest BCUT2D eigenvalue weighted by Crippen LogP contribution is -2.09. The van der Waals surface area contributed by atoms with Gasteiger partial charge < -0.3 is 4.74 Å². The van der Waals surface area contributed by atoms with E-state index in [-0.39, 0.29) is 29.0 Å². The minimum atomic E-state index is -0.815. The molecular weight excluding hydrogens is 273 g/mol. The van der Waals surface area contributed by atoms with Crippen molar-refractivity contribution in [2.24, 2.45) is 0 Å². The van der Waals surface area contributed by atoms with Crippen LogP contribution in [0.3, 0.4) is 0 Å². The molecule has 1 unspecified atom stereocenters. The summed E-state index contributed by atoms with van der Waals surface area (Å²) in [5.74, 6) is -0.879. The maximum Gasteiger partial charge on any atom is 0.306 e. The van der Waals surface area contributed by atoms with Gasteiger partial charge in [-0.05, 0) is 0 Å². The van der Waals surface area contributed by atoms with Gasteiger partial charge in [-0.15, -0.1) is 0 Å². The first-order chi connectivity index (χ1) is 8.95. The summed E-state index contributed by atoms with van der Waals surface area (Å²) in [6, 6.07) is 4.07. The molecule has 19 heavy (non-hydrogen) atoms. The molecule has 0 aromatic heterocycles. The topological polar surface area (TPSA) is 69.4 Å². The van der Waals surface area contributed by atoms with Crippen molar-refractivity contribution in [2.75, 3.05) is 7.11 Å². The molecule has 0 fully saturated rings. The van der Waals surface area contributed by atoms with E-state index in [1.165, 1.54) is 31.0 Å². The van der Waals surface area contributed by atoms with Gasteiger partial charge in [-0.3, -0.25) is 14.9 Å². The fourth-order valence-electron chi connectivity index (χ4n) is 1.43. The molecule has 104 valence electrons. The first kappa shape index (κ1) is 15.4. The van der Waals surface area contributed by atoms with Crippen LogP contribution in [0.25, 0.3) is 0 Å². The maximum absolute atomic E-state index is 13.8. The smallest absolute Gasteiger partial charge is 0.306 e.